The normalized spacial score (nSPS) is 17.7. The molecule has 0 N–H and O–H groups in total. The molecular weight excluding hydrogens is 284 g/mol. The summed E-state index contributed by atoms with van der Waals surface area (Å²) in [4.78, 5) is 23.6. The fourth-order valence-corrected chi connectivity index (χ4v) is 2.31. The predicted octanol–water partition coefficient (Wildman–Crippen LogP) is 2.53. The lowest BCUT2D eigenvalue weighted by molar-refractivity contribution is -0.145. The second kappa shape index (κ2) is 4.84. The summed E-state index contributed by atoms with van der Waals surface area (Å²) in [5.41, 5.74) is 1.51. The summed E-state index contributed by atoms with van der Waals surface area (Å²) in [7, 11) is 0. The first-order valence-corrected chi connectivity index (χ1v) is 6.03. The van der Waals surface area contributed by atoms with Gasteiger partial charge in [-0.15, -0.1) is 0 Å². The van der Waals surface area contributed by atoms with Crippen molar-refractivity contribution in [3.05, 3.63) is 46.5 Å². The molecule has 0 fully saturated rings. The van der Waals surface area contributed by atoms with Crippen molar-refractivity contribution in [2.45, 2.75) is 6.42 Å². The summed E-state index contributed by atoms with van der Waals surface area (Å²) >= 11 is 3.34. The monoisotopic (exact) mass is 294 g/mol. The van der Waals surface area contributed by atoms with Crippen molar-refractivity contribution in [2.24, 2.45) is 5.92 Å². The SMILES string of the molecule is C=CCOC(=O)C1Cc2cc(Br)ccc2C1=O. The van der Waals surface area contributed by atoms with E-state index in [1.807, 2.05) is 6.07 Å². The number of ketones is 1. The molecule has 0 aromatic heterocycles. The number of hydrogen-bond acceptors (Lipinski definition) is 3. The quantitative estimate of drug-likeness (QED) is 0.489. The Bertz CT molecular complexity index is 493. The summed E-state index contributed by atoms with van der Waals surface area (Å²) in [6, 6.07) is 5.41. The molecule has 1 aliphatic carbocycles. The molecule has 1 aromatic rings. The maximum Gasteiger partial charge on any atom is 0.317 e. The van der Waals surface area contributed by atoms with Crippen molar-refractivity contribution in [1.82, 2.24) is 0 Å². The molecule has 0 spiro atoms. The maximum atomic E-state index is 12.0. The minimum atomic E-state index is -0.695. The molecule has 0 amide bonds. The zero-order valence-corrected chi connectivity index (χ0v) is 10.7. The van der Waals surface area contributed by atoms with E-state index >= 15 is 0 Å². The molecule has 4 heteroatoms. The fraction of sp³-hybridized carbons (Fsp3) is 0.231. The number of ether oxygens (including phenoxy) is 1. The van der Waals surface area contributed by atoms with Crippen molar-refractivity contribution >= 4 is 27.7 Å². The van der Waals surface area contributed by atoms with E-state index in [0.717, 1.165) is 10.0 Å². The minimum Gasteiger partial charge on any atom is -0.461 e. The number of halogens is 1. The molecule has 17 heavy (non-hydrogen) atoms. The highest BCUT2D eigenvalue weighted by molar-refractivity contribution is 9.10. The smallest absolute Gasteiger partial charge is 0.317 e. The number of fused-ring (bicyclic) bond motifs is 1. The number of carbonyl (C=O) groups excluding carboxylic acids is 2. The van der Waals surface area contributed by atoms with Gasteiger partial charge >= 0.3 is 5.97 Å². The number of esters is 1. The number of rotatable bonds is 3. The molecule has 1 aliphatic rings. The lowest BCUT2D eigenvalue weighted by Crippen LogP contribution is -2.23. The molecular formula is C13H11BrO3. The van der Waals surface area contributed by atoms with E-state index < -0.39 is 11.9 Å². The third-order valence-electron chi connectivity index (χ3n) is 2.70. The van der Waals surface area contributed by atoms with Crippen LogP contribution >= 0.6 is 15.9 Å². The Kier molecular flexibility index (Phi) is 3.43. The second-order valence-corrected chi connectivity index (χ2v) is 4.76. The van der Waals surface area contributed by atoms with Gasteiger partial charge in [-0.1, -0.05) is 28.6 Å². The van der Waals surface area contributed by atoms with Gasteiger partial charge in [0.25, 0.3) is 0 Å². The molecule has 0 aliphatic heterocycles. The van der Waals surface area contributed by atoms with Gasteiger partial charge in [-0.25, -0.2) is 0 Å². The average Bonchev–Trinajstić information content (AvgIpc) is 2.63. The highest BCUT2D eigenvalue weighted by Crippen LogP contribution is 2.29. The van der Waals surface area contributed by atoms with E-state index in [-0.39, 0.29) is 12.4 Å². The largest absolute Gasteiger partial charge is 0.461 e. The third kappa shape index (κ3) is 2.31. The molecule has 0 saturated heterocycles. The van der Waals surface area contributed by atoms with Gasteiger partial charge in [-0.3, -0.25) is 9.59 Å². The van der Waals surface area contributed by atoms with Crippen LogP contribution in [0.4, 0.5) is 0 Å². The first kappa shape index (κ1) is 12.0. The Morgan fingerprint density at radius 2 is 2.35 bits per heavy atom. The molecule has 88 valence electrons. The van der Waals surface area contributed by atoms with Crippen molar-refractivity contribution < 1.29 is 14.3 Å². The summed E-state index contributed by atoms with van der Waals surface area (Å²) in [5, 5.41) is 0. The van der Waals surface area contributed by atoms with Gasteiger partial charge in [-0.05, 0) is 30.2 Å². The van der Waals surface area contributed by atoms with Crippen LogP contribution < -0.4 is 0 Å². The summed E-state index contributed by atoms with van der Waals surface area (Å²) in [6.45, 7) is 3.60. The second-order valence-electron chi connectivity index (χ2n) is 3.84. The van der Waals surface area contributed by atoms with Gasteiger partial charge in [0.2, 0.25) is 0 Å². The van der Waals surface area contributed by atoms with E-state index in [1.54, 1.807) is 12.1 Å². The van der Waals surface area contributed by atoms with Crippen LogP contribution in [0.25, 0.3) is 0 Å². The van der Waals surface area contributed by atoms with Gasteiger partial charge < -0.3 is 4.74 Å². The molecule has 1 unspecified atom stereocenters. The maximum absolute atomic E-state index is 12.0. The summed E-state index contributed by atoms with van der Waals surface area (Å²) in [6.07, 6.45) is 1.91. The first-order chi connectivity index (χ1) is 8.13. The molecule has 1 atom stereocenters. The van der Waals surface area contributed by atoms with Crippen molar-refractivity contribution in [2.75, 3.05) is 6.61 Å². The Hall–Kier alpha value is -1.42. The van der Waals surface area contributed by atoms with E-state index in [1.165, 1.54) is 6.08 Å². The Balaban J connectivity index is 2.19. The molecule has 0 radical (unpaired) electrons. The molecule has 0 heterocycles. The highest BCUT2D eigenvalue weighted by Gasteiger charge is 2.36. The minimum absolute atomic E-state index is 0.142. The van der Waals surface area contributed by atoms with Crippen molar-refractivity contribution in [3.63, 3.8) is 0 Å². The molecule has 0 saturated carbocycles. The predicted molar refractivity (Wildman–Crippen MR) is 66.8 cm³/mol. The van der Waals surface area contributed by atoms with Gasteiger partial charge in [0.1, 0.15) is 12.5 Å². The van der Waals surface area contributed by atoms with Crippen LogP contribution in [-0.4, -0.2) is 18.4 Å². The number of hydrogen-bond donors (Lipinski definition) is 0. The van der Waals surface area contributed by atoms with Crippen LogP contribution in [0, 0.1) is 5.92 Å². The zero-order valence-electron chi connectivity index (χ0n) is 9.11. The van der Waals surface area contributed by atoms with Crippen LogP contribution in [0.15, 0.2) is 35.3 Å². The Morgan fingerprint density at radius 1 is 1.59 bits per heavy atom. The van der Waals surface area contributed by atoms with Crippen LogP contribution in [0.1, 0.15) is 15.9 Å². The molecule has 1 aromatic carbocycles. The standard InChI is InChI=1S/C13H11BrO3/c1-2-5-17-13(16)11-7-8-6-9(14)3-4-10(8)12(11)15/h2-4,6,11H,1,5,7H2. The van der Waals surface area contributed by atoms with Crippen LogP contribution in [0.5, 0.6) is 0 Å². The zero-order chi connectivity index (χ0) is 12.4. The van der Waals surface area contributed by atoms with E-state index in [9.17, 15) is 9.59 Å². The van der Waals surface area contributed by atoms with E-state index in [2.05, 4.69) is 22.5 Å². The van der Waals surface area contributed by atoms with Crippen molar-refractivity contribution in [1.29, 1.82) is 0 Å². The fourth-order valence-electron chi connectivity index (χ4n) is 1.90. The first-order valence-electron chi connectivity index (χ1n) is 5.23. The number of carbonyl (C=O) groups is 2. The third-order valence-corrected chi connectivity index (χ3v) is 3.19. The van der Waals surface area contributed by atoms with Crippen molar-refractivity contribution in [3.8, 4) is 0 Å². The van der Waals surface area contributed by atoms with Gasteiger partial charge in [0.15, 0.2) is 5.78 Å². The average molecular weight is 295 g/mol. The molecule has 2 rings (SSSR count). The van der Waals surface area contributed by atoms with Gasteiger partial charge in [0.05, 0.1) is 0 Å². The van der Waals surface area contributed by atoms with E-state index in [0.29, 0.717) is 12.0 Å². The summed E-state index contributed by atoms with van der Waals surface area (Å²) in [5.74, 6) is -1.32. The van der Waals surface area contributed by atoms with Crippen LogP contribution in [0.2, 0.25) is 0 Å². The lowest BCUT2D eigenvalue weighted by Gasteiger charge is -2.06. The summed E-state index contributed by atoms with van der Waals surface area (Å²) < 4.78 is 5.82. The van der Waals surface area contributed by atoms with Crippen LogP contribution in [0.3, 0.4) is 0 Å². The Morgan fingerprint density at radius 3 is 3.06 bits per heavy atom. The van der Waals surface area contributed by atoms with Gasteiger partial charge in [-0.2, -0.15) is 0 Å². The highest BCUT2D eigenvalue weighted by atomic mass is 79.9. The van der Waals surface area contributed by atoms with Gasteiger partial charge in [0, 0.05) is 10.0 Å². The number of benzene rings is 1. The topological polar surface area (TPSA) is 43.4 Å². The number of Topliss-reactive ketones (excluding diaryl/α,β-unsaturated/α-hetero) is 1. The van der Waals surface area contributed by atoms with Crippen LogP contribution in [-0.2, 0) is 16.0 Å². The Labute approximate surface area is 108 Å². The molecule has 0 bridgehead atoms. The lowest BCUT2D eigenvalue weighted by atomic mass is 10.1. The molecule has 3 nitrogen and oxygen atoms in total. The van der Waals surface area contributed by atoms with E-state index in [4.69, 9.17) is 4.74 Å².